The van der Waals surface area contributed by atoms with Crippen LogP contribution in [-0.4, -0.2) is 34.5 Å². The van der Waals surface area contributed by atoms with Gasteiger partial charge in [0.15, 0.2) is 0 Å². The van der Waals surface area contributed by atoms with E-state index < -0.39 is 11.9 Å². The van der Waals surface area contributed by atoms with E-state index in [1.54, 1.807) is 0 Å². The van der Waals surface area contributed by atoms with Gasteiger partial charge in [-0.3, -0.25) is 9.59 Å². The monoisotopic (exact) mass is 285 g/mol. The normalized spacial score (nSPS) is 35.0. The second kappa shape index (κ2) is 6.64. The maximum Gasteiger partial charge on any atom is 0.307 e. The van der Waals surface area contributed by atoms with Crippen LogP contribution < -0.4 is 5.32 Å². The fraction of sp³-hybridized carbons (Fsp3) is 0.857. The molecule has 1 amide bonds. The van der Waals surface area contributed by atoms with Crippen LogP contribution in [0.2, 0.25) is 0 Å². The lowest BCUT2D eigenvalue weighted by Gasteiger charge is -2.25. The molecular formula is C14H23NO3S. The number of aliphatic carboxylic acids is 1. The number of thioether (sulfide) groups is 1. The highest BCUT2D eigenvalue weighted by Gasteiger charge is 2.42. The Morgan fingerprint density at radius 1 is 1.32 bits per heavy atom. The van der Waals surface area contributed by atoms with Crippen molar-refractivity contribution in [3.8, 4) is 0 Å². The third-order valence-electron chi connectivity index (χ3n) is 4.40. The zero-order valence-corrected chi connectivity index (χ0v) is 12.2. The fourth-order valence-corrected chi connectivity index (χ4v) is 4.27. The minimum absolute atomic E-state index is 0.0316. The smallest absolute Gasteiger partial charge is 0.307 e. The van der Waals surface area contributed by atoms with Crippen LogP contribution in [0.4, 0.5) is 0 Å². The van der Waals surface area contributed by atoms with Crippen LogP contribution >= 0.6 is 11.8 Å². The molecule has 0 aromatic rings. The number of hydrogen-bond donors (Lipinski definition) is 2. The second-order valence-corrected chi connectivity index (χ2v) is 6.87. The molecule has 19 heavy (non-hydrogen) atoms. The average Bonchev–Trinajstić information content (AvgIpc) is 2.84. The Hall–Kier alpha value is -0.710. The first-order valence-electron chi connectivity index (χ1n) is 7.22. The van der Waals surface area contributed by atoms with Gasteiger partial charge in [0.1, 0.15) is 0 Å². The lowest BCUT2D eigenvalue weighted by atomic mass is 9.95. The molecule has 0 aromatic heterocycles. The second-order valence-electron chi connectivity index (χ2n) is 5.72. The molecule has 1 aliphatic carbocycles. The lowest BCUT2D eigenvalue weighted by molar-refractivity contribution is -0.146. The Morgan fingerprint density at radius 2 is 2.05 bits per heavy atom. The van der Waals surface area contributed by atoms with Gasteiger partial charge in [0.25, 0.3) is 0 Å². The van der Waals surface area contributed by atoms with Crippen molar-refractivity contribution in [2.75, 3.05) is 11.5 Å². The number of carbonyl (C=O) groups excluding carboxylic acids is 1. The SMILES string of the molecule is CCC1CC(C(=O)O)C(C(=O)NC2CCCSC2)C1. The van der Waals surface area contributed by atoms with Crippen molar-refractivity contribution in [3.63, 3.8) is 0 Å². The first-order chi connectivity index (χ1) is 9.11. The number of carboxylic acids is 1. The predicted molar refractivity (Wildman–Crippen MR) is 76.1 cm³/mol. The van der Waals surface area contributed by atoms with Gasteiger partial charge in [0.05, 0.1) is 11.8 Å². The summed E-state index contributed by atoms with van der Waals surface area (Å²) in [6.45, 7) is 2.07. The molecular weight excluding hydrogens is 262 g/mol. The van der Waals surface area contributed by atoms with Gasteiger partial charge in [-0.25, -0.2) is 0 Å². The van der Waals surface area contributed by atoms with Gasteiger partial charge in [0.2, 0.25) is 5.91 Å². The zero-order chi connectivity index (χ0) is 13.8. The van der Waals surface area contributed by atoms with Crippen LogP contribution in [-0.2, 0) is 9.59 Å². The molecule has 108 valence electrons. The van der Waals surface area contributed by atoms with E-state index >= 15 is 0 Å². The van der Waals surface area contributed by atoms with Crippen molar-refractivity contribution in [1.82, 2.24) is 5.32 Å². The van der Waals surface area contributed by atoms with Crippen molar-refractivity contribution in [3.05, 3.63) is 0 Å². The highest BCUT2D eigenvalue weighted by atomic mass is 32.2. The summed E-state index contributed by atoms with van der Waals surface area (Å²) in [5, 5.41) is 12.3. The van der Waals surface area contributed by atoms with E-state index in [1.807, 2.05) is 11.8 Å². The van der Waals surface area contributed by atoms with Crippen molar-refractivity contribution >= 4 is 23.6 Å². The Labute approximate surface area is 118 Å². The fourth-order valence-electron chi connectivity index (χ4n) is 3.20. The van der Waals surface area contributed by atoms with Gasteiger partial charge in [-0.2, -0.15) is 11.8 Å². The molecule has 5 heteroatoms. The van der Waals surface area contributed by atoms with Crippen molar-refractivity contribution in [2.24, 2.45) is 17.8 Å². The summed E-state index contributed by atoms with van der Waals surface area (Å²) in [5.74, 6) is 0.872. The van der Waals surface area contributed by atoms with Gasteiger partial charge < -0.3 is 10.4 Å². The topological polar surface area (TPSA) is 66.4 Å². The molecule has 0 bridgehead atoms. The summed E-state index contributed by atoms with van der Waals surface area (Å²) in [5.41, 5.74) is 0. The maximum atomic E-state index is 12.3. The predicted octanol–water partition coefficient (Wildman–Crippen LogP) is 2.14. The van der Waals surface area contributed by atoms with E-state index in [1.165, 1.54) is 5.75 Å². The summed E-state index contributed by atoms with van der Waals surface area (Å²) >= 11 is 1.87. The molecule has 0 spiro atoms. The highest BCUT2D eigenvalue weighted by molar-refractivity contribution is 7.99. The summed E-state index contributed by atoms with van der Waals surface area (Å²) < 4.78 is 0. The van der Waals surface area contributed by atoms with Crippen LogP contribution in [0.5, 0.6) is 0 Å². The molecule has 1 heterocycles. The molecule has 4 unspecified atom stereocenters. The van der Waals surface area contributed by atoms with Gasteiger partial charge in [-0.15, -0.1) is 0 Å². The Kier molecular flexibility index (Phi) is 5.13. The highest BCUT2D eigenvalue weighted by Crippen LogP contribution is 2.38. The summed E-state index contributed by atoms with van der Waals surface area (Å²) in [7, 11) is 0. The van der Waals surface area contributed by atoms with E-state index in [0.717, 1.165) is 31.4 Å². The molecule has 2 rings (SSSR count). The Balaban J connectivity index is 1.94. The quantitative estimate of drug-likeness (QED) is 0.830. The van der Waals surface area contributed by atoms with Gasteiger partial charge in [-0.05, 0) is 37.4 Å². The first-order valence-corrected chi connectivity index (χ1v) is 8.38. The largest absolute Gasteiger partial charge is 0.481 e. The zero-order valence-electron chi connectivity index (χ0n) is 11.4. The molecule has 2 N–H and O–H groups in total. The van der Waals surface area contributed by atoms with E-state index in [4.69, 9.17) is 0 Å². The molecule has 4 atom stereocenters. The van der Waals surface area contributed by atoms with Crippen molar-refractivity contribution < 1.29 is 14.7 Å². The molecule has 1 saturated carbocycles. The van der Waals surface area contributed by atoms with Gasteiger partial charge >= 0.3 is 5.97 Å². The van der Waals surface area contributed by atoms with Crippen LogP contribution in [0.25, 0.3) is 0 Å². The van der Waals surface area contributed by atoms with Crippen molar-refractivity contribution in [2.45, 2.75) is 45.1 Å². The number of nitrogens with one attached hydrogen (secondary N) is 1. The minimum atomic E-state index is -0.811. The number of carboxylic acid groups (broad SMARTS) is 1. The number of rotatable bonds is 4. The molecule has 1 saturated heterocycles. The van der Waals surface area contributed by atoms with Crippen LogP contribution in [0.1, 0.15) is 39.0 Å². The standard InChI is InChI=1S/C14H23NO3S/c1-2-9-6-11(12(7-9)14(17)18)13(16)15-10-4-3-5-19-8-10/h9-12H,2-8H2,1H3,(H,15,16)(H,17,18). The maximum absolute atomic E-state index is 12.3. The minimum Gasteiger partial charge on any atom is -0.481 e. The molecule has 4 nitrogen and oxygen atoms in total. The van der Waals surface area contributed by atoms with Gasteiger partial charge in [0, 0.05) is 11.8 Å². The first kappa shape index (κ1) is 14.7. The average molecular weight is 285 g/mol. The molecule has 0 aromatic carbocycles. The molecule has 2 aliphatic rings. The lowest BCUT2D eigenvalue weighted by Crippen LogP contribution is -2.43. The Bertz CT molecular complexity index is 342. The van der Waals surface area contributed by atoms with Crippen LogP contribution in [0, 0.1) is 17.8 Å². The van der Waals surface area contributed by atoms with Crippen LogP contribution in [0.15, 0.2) is 0 Å². The van der Waals surface area contributed by atoms with E-state index in [0.29, 0.717) is 12.3 Å². The third-order valence-corrected chi connectivity index (χ3v) is 5.61. The molecule has 2 fully saturated rings. The number of carbonyl (C=O) groups is 2. The van der Waals surface area contributed by atoms with Gasteiger partial charge in [-0.1, -0.05) is 13.3 Å². The number of amides is 1. The Morgan fingerprint density at radius 3 is 2.63 bits per heavy atom. The van der Waals surface area contributed by atoms with E-state index in [2.05, 4.69) is 12.2 Å². The summed E-state index contributed by atoms with van der Waals surface area (Å²) in [4.78, 5) is 23.6. The summed E-state index contributed by atoms with van der Waals surface area (Å²) in [6, 6.07) is 0.237. The van der Waals surface area contributed by atoms with E-state index in [-0.39, 0.29) is 17.9 Å². The number of hydrogen-bond acceptors (Lipinski definition) is 3. The summed E-state index contributed by atoms with van der Waals surface area (Å²) in [6.07, 6.45) is 4.52. The van der Waals surface area contributed by atoms with Crippen molar-refractivity contribution in [1.29, 1.82) is 0 Å². The molecule has 0 radical (unpaired) electrons. The van der Waals surface area contributed by atoms with E-state index in [9.17, 15) is 14.7 Å². The van der Waals surface area contributed by atoms with Crippen LogP contribution in [0.3, 0.4) is 0 Å². The third kappa shape index (κ3) is 3.65. The molecule has 1 aliphatic heterocycles.